The Bertz CT molecular complexity index is 1210. The summed E-state index contributed by atoms with van der Waals surface area (Å²) in [6, 6.07) is 3.56. The molecule has 3 aromatic carbocycles. The van der Waals surface area contributed by atoms with Gasteiger partial charge in [0.15, 0.2) is 40.7 Å². The molecule has 0 spiro atoms. The lowest BCUT2D eigenvalue weighted by Gasteiger charge is -2.27. The molecular formula is C24H16F8. The van der Waals surface area contributed by atoms with Crippen molar-refractivity contribution in [2.45, 2.75) is 38.5 Å². The Morgan fingerprint density at radius 1 is 0.719 bits per heavy atom. The molecule has 0 saturated carbocycles. The van der Waals surface area contributed by atoms with E-state index in [0.29, 0.717) is 12.1 Å². The van der Waals surface area contributed by atoms with Gasteiger partial charge in [-0.3, -0.25) is 0 Å². The predicted molar refractivity (Wildman–Crippen MR) is 102 cm³/mol. The molecule has 0 radical (unpaired) electrons. The van der Waals surface area contributed by atoms with Crippen LogP contribution >= 0.6 is 0 Å². The highest BCUT2D eigenvalue weighted by molar-refractivity contribution is 5.67. The van der Waals surface area contributed by atoms with Crippen LogP contribution < -0.4 is 0 Å². The Balaban J connectivity index is 1.80. The van der Waals surface area contributed by atoms with Crippen LogP contribution in [0.5, 0.6) is 0 Å². The molecule has 0 nitrogen and oxygen atoms in total. The van der Waals surface area contributed by atoms with Crippen LogP contribution in [-0.2, 0) is 19.3 Å². The zero-order chi connectivity index (χ0) is 23.3. The molecule has 0 heterocycles. The molecule has 1 aliphatic rings. The molecule has 0 aliphatic heterocycles. The van der Waals surface area contributed by atoms with Crippen molar-refractivity contribution >= 4 is 0 Å². The fourth-order valence-corrected chi connectivity index (χ4v) is 4.31. The van der Waals surface area contributed by atoms with E-state index in [4.69, 9.17) is 0 Å². The number of rotatable bonds is 3. The van der Waals surface area contributed by atoms with E-state index >= 15 is 4.39 Å². The van der Waals surface area contributed by atoms with Gasteiger partial charge in [-0.05, 0) is 71.6 Å². The molecule has 168 valence electrons. The maximum Gasteiger partial charge on any atom is 0.194 e. The van der Waals surface area contributed by atoms with Crippen LogP contribution in [0, 0.1) is 46.5 Å². The second-order valence-corrected chi connectivity index (χ2v) is 7.76. The van der Waals surface area contributed by atoms with Crippen molar-refractivity contribution in [2.24, 2.45) is 0 Å². The first-order valence-electron chi connectivity index (χ1n) is 9.95. The standard InChI is InChI=1S/C24H16F8/c1-2-10-3-5-13(21(29)19(10)27)11-4-6-14-15(7-11)22(30)24(32)18(20(14)28)12-8-16(25)23(31)17(26)9-12/h3,5,8-9,11H,2,4,6-7H2,1H3. The van der Waals surface area contributed by atoms with E-state index in [2.05, 4.69) is 0 Å². The summed E-state index contributed by atoms with van der Waals surface area (Å²) in [5, 5.41) is 0. The van der Waals surface area contributed by atoms with Crippen molar-refractivity contribution < 1.29 is 35.1 Å². The first-order valence-corrected chi connectivity index (χ1v) is 9.95. The lowest BCUT2D eigenvalue weighted by Crippen LogP contribution is -2.19. The van der Waals surface area contributed by atoms with Crippen LogP contribution in [0.4, 0.5) is 35.1 Å². The summed E-state index contributed by atoms with van der Waals surface area (Å²) < 4.78 is 114. The van der Waals surface area contributed by atoms with E-state index in [-0.39, 0.29) is 47.9 Å². The lowest BCUT2D eigenvalue weighted by molar-refractivity contribution is 0.440. The van der Waals surface area contributed by atoms with Crippen molar-refractivity contribution in [3.8, 4) is 11.1 Å². The van der Waals surface area contributed by atoms with Gasteiger partial charge in [-0.25, -0.2) is 35.1 Å². The van der Waals surface area contributed by atoms with Crippen LogP contribution in [-0.4, -0.2) is 0 Å². The minimum Gasteiger partial charge on any atom is -0.206 e. The number of hydrogen-bond acceptors (Lipinski definition) is 0. The zero-order valence-electron chi connectivity index (χ0n) is 16.7. The van der Waals surface area contributed by atoms with E-state index in [1.807, 2.05) is 0 Å². The van der Waals surface area contributed by atoms with Crippen LogP contribution in [0.25, 0.3) is 11.1 Å². The summed E-state index contributed by atoms with van der Waals surface area (Å²) in [5.74, 6) is -12.3. The van der Waals surface area contributed by atoms with Crippen molar-refractivity contribution in [2.75, 3.05) is 0 Å². The Labute approximate surface area is 178 Å². The largest absolute Gasteiger partial charge is 0.206 e. The number of benzene rings is 3. The summed E-state index contributed by atoms with van der Waals surface area (Å²) in [5.41, 5.74) is -2.11. The average Bonchev–Trinajstić information content (AvgIpc) is 2.77. The van der Waals surface area contributed by atoms with E-state index in [1.54, 1.807) is 6.92 Å². The molecule has 1 atom stereocenters. The highest BCUT2D eigenvalue weighted by Crippen LogP contribution is 2.41. The van der Waals surface area contributed by atoms with Crippen LogP contribution in [0.15, 0.2) is 24.3 Å². The normalized spacial score (nSPS) is 15.7. The van der Waals surface area contributed by atoms with Gasteiger partial charge in [0, 0.05) is 0 Å². The monoisotopic (exact) mass is 456 g/mol. The molecule has 0 amide bonds. The minimum absolute atomic E-state index is 0.0164. The van der Waals surface area contributed by atoms with Crippen molar-refractivity contribution in [1.82, 2.24) is 0 Å². The van der Waals surface area contributed by atoms with Gasteiger partial charge >= 0.3 is 0 Å². The molecular weight excluding hydrogens is 440 g/mol. The van der Waals surface area contributed by atoms with E-state index in [0.717, 1.165) is 0 Å². The molecule has 0 fully saturated rings. The highest BCUT2D eigenvalue weighted by Gasteiger charge is 2.33. The summed E-state index contributed by atoms with van der Waals surface area (Å²) >= 11 is 0. The van der Waals surface area contributed by atoms with Gasteiger partial charge in [0.2, 0.25) is 0 Å². The highest BCUT2D eigenvalue weighted by atomic mass is 19.2. The topological polar surface area (TPSA) is 0 Å². The van der Waals surface area contributed by atoms with Gasteiger partial charge in [0.25, 0.3) is 0 Å². The van der Waals surface area contributed by atoms with Crippen LogP contribution in [0.1, 0.15) is 41.5 Å². The van der Waals surface area contributed by atoms with Gasteiger partial charge < -0.3 is 0 Å². The van der Waals surface area contributed by atoms with E-state index in [9.17, 15) is 30.7 Å². The van der Waals surface area contributed by atoms with Gasteiger partial charge in [0.05, 0.1) is 5.56 Å². The SMILES string of the molecule is CCc1ccc(C2CCc3c(F)c(-c4cc(F)c(F)c(F)c4)c(F)c(F)c3C2)c(F)c1F. The quantitative estimate of drug-likeness (QED) is 0.220. The van der Waals surface area contributed by atoms with Gasteiger partial charge in [-0.15, -0.1) is 0 Å². The molecule has 1 aliphatic carbocycles. The molecule has 3 aromatic rings. The van der Waals surface area contributed by atoms with Crippen molar-refractivity contribution in [1.29, 1.82) is 0 Å². The Morgan fingerprint density at radius 3 is 2.00 bits per heavy atom. The number of hydrogen-bond donors (Lipinski definition) is 0. The number of aryl methyl sites for hydroxylation is 1. The number of fused-ring (bicyclic) bond motifs is 1. The predicted octanol–water partition coefficient (Wildman–Crippen LogP) is 7.30. The van der Waals surface area contributed by atoms with Gasteiger partial charge in [-0.2, -0.15) is 0 Å². The fourth-order valence-electron chi connectivity index (χ4n) is 4.31. The maximum atomic E-state index is 15.1. The second-order valence-electron chi connectivity index (χ2n) is 7.76. The third-order valence-electron chi connectivity index (χ3n) is 6.00. The van der Waals surface area contributed by atoms with E-state index in [1.165, 1.54) is 12.1 Å². The fraction of sp³-hybridized carbons (Fsp3) is 0.250. The molecule has 0 bridgehead atoms. The lowest BCUT2D eigenvalue weighted by atomic mass is 9.78. The van der Waals surface area contributed by atoms with Crippen LogP contribution in [0.2, 0.25) is 0 Å². The first-order chi connectivity index (χ1) is 15.1. The molecule has 0 saturated heterocycles. The number of halogens is 8. The molecule has 32 heavy (non-hydrogen) atoms. The minimum atomic E-state index is -1.82. The Morgan fingerprint density at radius 2 is 1.38 bits per heavy atom. The molecule has 0 N–H and O–H groups in total. The Hall–Kier alpha value is -2.90. The summed E-state index contributed by atoms with van der Waals surface area (Å²) in [6.45, 7) is 1.66. The van der Waals surface area contributed by atoms with E-state index < -0.39 is 63.6 Å². The summed E-state index contributed by atoms with van der Waals surface area (Å²) in [4.78, 5) is 0. The van der Waals surface area contributed by atoms with Gasteiger partial charge in [0.1, 0.15) is 5.82 Å². The maximum absolute atomic E-state index is 15.1. The molecule has 1 unspecified atom stereocenters. The second kappa shape index (κ2) is 8.22. The molecule has 4 rings (SSSR count). The molecule has 0 aromatic heterocycles. The third-order valence-corrected chi connectivity index (χ3v) is 6.00. The zero-order valence-corrected chi connectivity index (χ0v) is 16.7. The summed E-state index contributed by atoms with van der Waals surface area (Å²) in [6.07, 6.45) is -0.0423. The van der Waals surface area contributed by atoms with Gasteiger partial charge in [-0.1, -0.05) is 19.1 Å². The smallest absolute Gasteiger partial charge is 0.194 e. The summed E-state index contributed by atoms with van der Waals surface area (Å²) in [7, 11) is 0. The molecule has 8 heteroatoms. The first kappa shape index (κ1) is 22.3. The average molecular weight is 456 g/mol. The van der Waals surface area contributed by atoms with Crippen molar-refractivity contribution in [3.63, 3.8) is 0 Å². The van der Waals surface area contributed by atoms with Crippen molar-refractivity contribution in [3.05, 3.63) is 93.1 Å². The van der Waals surface area contributed by atoms with Crippen LogP contribution in [0.3, 0.4) is 0 Å². The third kappa shape index (κ3) is 3.45. The Kier molecular flexibility index (Phi) is 5.73.